The number of benzene rings is 1. The molecular formula is C10H11NOS. The van der Waals surface area contributed by atoms with Crippen molar-refractivity contribution in [2.75, 3.05) is 6.61 Å². The van der Waals surface area contributed by atoms with Crippen LogP contribution in [0.3, 0.4) is 0 Å². The topological polar surface area (TPSA) is 22.1 Å². The molecule has 3 heteroatoms. The van der Waals surface area contributed by atoms with Crippen molar-refractivity contribution in [3.05, 3.63) is 23.7 Å². The van der Waals surface area contributed by atoms with Gasteiger partial charge in [0.25, 0.3) is 0 Å². The van der Waals surface area contributed by atoms with Gasteiger partial charge in [0.1, 0.15) is 5.75 Å². The van der Waals surface area contributed by atoms with E-state index in [1.807, 2.05) is 23.7 Å². The van der Waals surface area contributed by atoms with Crippen molar-refractivity contribution >= 4 is 21.6 Å². The first-order valence-electron chi connectivity index (χ1n) is 4.36. The second kappa shape index (κ2) is 3.75. The van der Waals surface area contributed by atoms with Crippen LogP contribution >= 0.6 is 11.3 Å². The Balaban J connectivity index is 2.26. The van der Waals surface area contributed by atoms with Crippen molar-refractivity contribution in [3.8, 4) is 5.75 Å². The van der Waals surface area contributed by atoms with E-state index in [1.54, 1.807) is 11.3 Å². The molecule has 2 nitrogen and oxygen atoms in total. The number of hydrogen-bond donors (Lipinski definition) is 0. The van der Waals surface area contributed by atoms with E-state index in [4.69, 9.17) is 4.74 Å². The molecule has 13 heavy (non-hydrogen) atoms. The lowest BCUT2D eigenvalue weighted by Gasteiger charge is -2.02. The monoisotopic (exact) mass is 193 g/mol. The minimum Gasteiger partial charge on any atom is -0.494 e. The molecule has 0 aliphatic carbocycles. The maximum Gasteiger partial charge on any atom is 0.120 e. The Morgan fingerprint density at radius 1 is 1.46 bits per heavy atom. The molecule has 0 saturated heterocycles. The summed E-state index contributed by atoms with van der Waals surface area (Å²) in [4.78, 5) is 4.20. The highest BCUT2D eigenvalue weighted by molar-refractivity contribution is 7.16. The standard InChI is InChI=1S/C10H11NOS/c1-2-5-12-8-3-4-9-10(6-8)13-7-11-9/h3-4,6-7H,2,5H2,1H3. The van der Waals surface area contributed by atoms with Gasteiger partial charge < -0.3 is 4.74 Å². The van der Waals surface area contributed by atoms with Crippen LogP contribution < -0.4 is 4.74 Å². The molecular weight excluding hydrogens is 182 g/mol. The maximum absolute atomic E-state index is 5.51. The summed E-state index contributed by atoms with van der Waals surface area (Å²) in [5, 5.41) is 0. The van der Waals surface area contributed by atoms with Gasteiger partial charge in [0, 0.05) is 0 Å². The lowest BCUT2D eigenvalue weighted by molar-refractivity contribution is 0.318. The first-order valence-corrected chi connectivity index (χ1v) is 5.24. The third-order valence-electron chi connectivity index (χ3n) is 1.78. The van der Waals surface area contributed by atoms with Gasteiger partial charge in [0.05, 0.1) is 22.3 Å². The molecule has 2 aromatic rings. The molecule has 0 bridgehead atoms. The van der Waals surface area contributed by atoms with E-state index in [9.17, 15) is 0 Å². The molecule has 0 fully saturated rings. The zero-order valence-corrected chi connectivity index (χ0v) is 8.30. The Labute approximate surface area is 81.2 Å². The van der Waals surface area contributed by atoms with Gasteiger partial charge in [-0.3, -0.25) is 0 Å². The molecule has 0 radical (unpaired) electrons. The van der Waals surface area contributed by atoms with Crippen LogP contribution in [0.4, 0.5) is 0 Å². The van der Waals surface area contributed by atoms with Crippen LogP contribution in [0.1, 0.15) is 13.3 Å². The number of nitrogens with zero attached hydrogens (tertiary/aromatic N) is 1. The molecule has 0 N–H and O–H groups in total. The van der Waals surface area contributed by atoms with Gasteiger partial charge >= 0.3 is 0 Å². The van der Waals surface area contributed by atoms with Gasteiger partial charge in [-0.05, 0) is 24.6 Å². The molecule has 0 atom stereocenters. The fourth-order valence-electron chi connectivity index (χ4n) is 1.15. The number of ether oxygens (including phenoxy) is 1. The number of hydrogen-bond acceptors (Lipinski definition) is 3. The van der Waals surface area contributed by atoms with Gasteiger partial charge in [-0.1, -0.05) is 6.92 Å². The van der Waals surface area contributed by atoms with E-state index in [0.717, 1.165) is 24.3 Å². The van der Waals surface area contributed by atoms with Crippen molar-refractivity contribution in [2.45, 2.75) is 13.3 Å². The first-order chi connectivity index (χ1) is 6.40. The van der Waals surface area contributed by atoms with E-state index in [-0.39, 0.29) is 0 Å². The average Bonchev–Trinajstić information content (AvgIpc) is 2.61. The van der Waals surface area contributed by atoms with Gasteiger partial charge in [0.15, 0.2) is 0 Å². The van der Waals surface area contributed by atoms with Crippen LogP contribution in [0.25, 0.3) is 10.2 Å². The Hall–Kier alpha value is -1.09. The molecule has 1 heterocycles. The summed E-state index contributed by atoms with van der Waals surface area (Å²) < 4.78 is 6.70. The average molecular weight is 193 g/mol. The molecule has 2 rings (SSSR count). The van der Waals surface area contributed by atoms with Crippen molar-refractivity contribution in [1.82, 2.24) is 4.98 Å². The Morgan fingerprint density at radius 3 is 3.23 bits per heavy atom. The SMILES string of the molecule is CCCOc1ccc2ncsc2c1. The van der Waals surface area contributed by atoms with Crippen LogP contribution in [0.2, 0.25) is 0 Å². The molecule has 0 aliphatic rings. The summed E-state index contributed by atoms with van der Waals surface area (Å²) in [6.45, 7) is 2.88. The highest BCUT2D eigenvalue weighted by atomic mass is 32.1. The van der Waals surface area contributed by atoms with Crippen LogP contribution in [0, 0.1) is 0 Å². The van der Waals surface area contributed by atoms with E-state index < -0.39 is 0 Å². The summed E-state index contributed by atoms with van der Waals surface area (Å²) in [6.07, 6.45) is 1.04. The summed E-state index contributed by atoms with van der Waals surface area (Å²) in [5.74, 6) is 0.943. The maximum atomic E-state index is 5.51. The van der Waals surface area contributed by atoms with E-state index in [0.29, 0.717) is 0 Å². The molecule has 0 aliphatic heterocycles. The van der Waals surface area contributed by atoms with Crippen molar-refractivity contribution < 1.29 is 4.74 Å². The van der Waals surface area contributed by atoms with Crippen LogP contribution in [0.5, 0.6) is 5.75 Å². The zero-order chi connectivity index (χ0) is 9.10. The summed E-state index contributed by atoms with van der Waals surface area (Å²) in [6, 6.07) is 6.01. The minimum atomic E-state index is 0.782. The first kappa shape index (κ1) is 8.51. The fourth-order valence-corrected chi connectivity index (χ4v) is 1.85. The third kappa shape index (κ3) is 1.80. The lowest BCUT2D eigenvalue weighted by atomic mass is 10.3. The predicted octanol–water partition coefficient (Wildman–Crippen LogP) is 3.09. The molecule has 0 spiro atoms. The van der Waals surface area contributed by atoms with Gasteiger partial charge in [-0.2, -0.15) is 0 Å². The summed E-state index contributed by atoms with van der Waals surface area (Å²) in [7, 11) is 0. The highest BCUT2D eigenvalue weighted by Gasteiger charge is 1.98. The lowest BCUT2D eigenvalue weighted by Crippen LogP contribution is -1.93. The summed E-state index contributed by atoms with van der Waals surface area (Å²) >= 11 is 1.64. The van der Waals surface area contributed by atoms with Gasteiger partial charge in [-0.25, -0.2) is 4.98 Å². The van der Waals surface area contributed by atoms with Crippen molar-refractivity contribution in [1.29, 1.82) is 0 Å². The third-order valence-corrected chi connectivity index (χ3v) is 2.57. The number of thiazole rings is 1. The molecule has 0 saturated carbocycles. The van der Waals surface area contributed by atoms with Crippen LogP contribution in [-0.2, 0) is 0 Å². The molecule has 0 amide bonds. The van der Waals surface area contributed by atoms with Crippen LogP contribution in [-0.4, -0.2) is 11.6 Å². The quantitative estimate of drug-likeness (QED) is 0.747. The van der Waals surface area contributed by atoms with E-state index >= 15 is 0 Å². The van der Waals surface area contributed by atoms with Gasteiger partial charge in [0.2, 0.25) is 0 Å². The van der Waals surface area contributed by atoms with Crippen molar-refractivity contribution in [3.63, 3.8) is 0 Å². The molecule has 0 unspecified atom stereocenters. The smallest absolute Gasteiger partial charge is 0.120 e. The zero-order valence-electron chi connectivity index (χ0n) is 7.49. The molecule has 1 aromatic heterocycles. The second-order valence-electron chi connectivity index (χ2n) is 2.83. The Kier molecular flexibility index (Phi) is 2.45. The Morgan fingerprint density at radius 2 is 2.38 bits per heavy atom. The highest BCUT2D eigenvalue weighted by Crippen LogP contribution is 2.23. The van der Waals surface area contributed by atoms with Crippen LogP contribution in [0.15, 0.2) is 23.7 Å². The van der Waals surface area contributed by atoms with Crippen molar-refractivity contribution in [2.24, 2.45) is 0 Å². The summed E-state index contributed by atoms with van der Waals surface area (Å²) in [5.41, 5.74) is 2.91. The minimum absolute atomic E-state index is 0.782. The van der Waals surface area contributed by atoms with E-state index in [1.165, 1.54) is 4.70 Å². The number of rotatable bonds is 3. The van der Waals surface area contributed by atoms with E-state index in [2.05, 4.69) is 11.9 Å². The predicted molar refractivity (Wildman–Crippen MR) is 55.4 cm³/mol. The Bertz CT molecular complexity index is 396. The fraction of sp³-hybridized carbons (Fsp3) is 0.300. The number of aromatic nitrogens is 1. The molecule has 1 aromatic carbocycles. The van der Waals surface area contributed by atoms with Gasteiger partial charge in [-0.15, -0.1) is 11.3 Å². The second-order valence-corrected chi connectivity index (χ2v) is 3.72. The largest absolute Gasteiger partial charge is 0.494 e. The normalized spacial score (nSPS) is 10.5. The molecule has 68 valence electrons. The number of fused-ring (bicyclic) bond motifs is 1.